The van der Waals surface area contributed by atoms with Gasteiger partial charge in [-0.2, -0.15) is 13.2 Å². The van der Waals surface area contributed by atoms with Crippen molar-refractivity contribution in [2.45, 2.75) is 38.8 Å². The Balaban J connectivity index is 2.09. The molecule has 0 bridgehead atoms. The lowest BCUT2D eigenvalue weighted by Gasteiger charge is -2.19. The lowest BCUT2D eigenvalue weighted by atomic mass is 9.99. The van der Waals surface area contributed by atoms with Crippen LogP contribution >= 0.6 is 0 Å². The van der Waals surface area contributed by atoms with Gasteiger partial charge in [0.05, 0.1) is 30.0 Å². The van der Waals surface area contributed by atoms with Crippen LogP contribution in [0.15, 0.2) is 29.4 Å². The van der Waals surface area contributed by atoms with Gasteiger partial charge >= 0.3 is 6.18 Å². The Kier molecular flexibility index (Phi) is 6.01. The van der Waals surface area contributed by atoms with Crippen LogP contribution in [-0.2, 0) is 24.4 Å². The molecule has 0 aromatic carbocycles. The zero-order valence-electron chi connectivity index (χ0n) is 17.4. The predicted molar refractivity (Wildman–Crippen MR) is 109 cm³/mol. The molecule has 1 atom stereocenters. The third-order valence-corrected chi connectivity index (χ3v) is 5.60. The molecule has 0 radical (unpaired) electrons. The van der Waals surface area contributed by atoms with Gasteiger partial charge in [0.15, 0.2) is 16.4 Å². The minimum absolute atomic E-state index is 0.0661. The molecule has 0 aliphatic rings. The highest BCUT2D eigenvalue weighted by molar-refractivity contribution is 7.91. The Labute approximate surface area is 175 Å². The molecule has 0 saturated carbocycles. The van der Waals surface area contributed by atoms with E-state index in [0.717, 1.165) is 12.3 Å². The summed E-state index contributed by atoms with van der Waals surface area (Å²) in [5, 5.41) is 0. The number of rotatable bonds is 5. The van der Waals surface area contributed by atoms with E-state index in [-0.39, 0.29) is 10.9 Å². The van der Waals surface area contributed by atoms with Crippen LogP contribution in [0.25, 0.3) is 22.6 Å². The van der Waals surface area contributed by atoms with Crippen molar-refractivity contribution in [1.82, 2.24) is 19.5 Å². The maximum Gasteiger partial charge on any atom is 0.433 e. The van der Waals surface area contributed by atoms with Gasteiger partial charge in [-0.1, -0.05) is 20.8 Å². The number of alkyl halides is 3. The lowest BCUT2D eigenvalue weighted by Crippen LogP contribution is -2.17. The molecule has 0 aliphatic heterocycles. The molecular formula is C20H23F3N4O2S. The van der Waals surface area contributed by atoms with E-state index >= 15 is 0 Å². The molecule has 10 heteroatoms. The largest absolute Gasteiger partial charge is 0.611 e. The van der Waals surface area contributed by atoms with Gasteiger partial charge in [0.25, 0.3) is 0 Å². The Bertz CT molecular complexity index is 1060. The molecule has 0 fully saturated rings. The Morgan fingerprint density at radius 2 is 1.83 bits per heavy atom. The maximum atomic E-state index is 13.0. The Morgan fingerprint density at radius 1 is 1.13 bits per heavy atom. The highest BCUT2D eigenvalue weighted by atomic mass is 32.2. The van der Waals surface area contributed by atoms with Gasteiger partial charge in [-0.05, 0) is 29.6 Å². The Morgan fingerprint density at radius 3 is 2.43 bits per heavy atom. The number of hydrogen-bond donors (Lipinski definition) is 0. The summed E-state index contributed by atoms with van der Waals surface area (Å²) in [5.41, 5.74) is -0.191. The van der Waals surface area contributed by atoms with E-state index in [2.05, 4.69) is 15.0 Å². The van der Waals surface area contributed by atoms with Gasteiger partial charge in [-0.3, -0.25) is 0 Å². The summed E-state index contributed by atoms with van der Waals surface area (Å²) >= 11 is -1.38. The molecular weight excluding hydrogens is 417 g/mol. The molecule has 6 nitrogen and oxygen atoms in total. The fourth-order valence-electron chi connectivity index (χ4n) is 2.76. The van der Waals surface area contributed by atoms with Crippen molar-refractivity contribution in [2.24, 2.45) is 12.5 Å². The van der Waals surface area contributed by atoms with Gasteiger partial charge in [0, 0.05) is 13.1 Å². The number of aromatic nitrogens is 4. The normalized spacial score (nSPS) is 13.6. The zero-order chi connectivity index (χ0) is 22.3. The molecule has 3 heterocycles. The molecule has 3 aromatic heterocycles. The van der Waals surface area contributed by atoms with Crippen molar-refractivity contribution in [3.63, 3.8) is 0 Å². The van der Waals surface area contributed by atoms with Crippen molar-refractivity contribution < 1.29 is 22.5 Å². The fourth-order valence-corrected chi connectivity index (χ4v) is 3.68. The van der Waals surface area contributed by atoms with Gasteiger partial charge in [-0.15, -0.1) is 0 Å². The average molecular weight is 440 g/mol. The number of halogens is 3. The van der Waals surface area contributed by atoms with Crippen LogP contribution in [0, 0.1) is 5.41 Å². The van der Waals surface area contributed by atoms with E-state index in [1.54, 1.807) is 24.6 Å². The minimum Gasteiger partial charge on any atom is -0.611 e. The molecule has 1 unspecified atom stereocenters. The van der Waals surface area contributed by atoms with Gasteiger partial charge in [0.2, 0.25) is 0 Å². The molecule has 30 heavy (non-hydrogen) atoms. The quantitative estimate of drug-likeness (QED) is 0.542. The summed E-state index contributed by atoms with van der Waals surface area (Å²) in [6, 6.07) is 2.56. The molecule has 0 amide bonds. The van der Waals surface area contributed by atoms with E-state index in [1.807, 2.05) is 20.8 Å². The summed E-state index contributed by atoms with van der Waals surface area (Å²) in [6.07, 6.45) is -1.92. The van der Waals surface area contributed by atoms with Crippen molar-refractivity contribution in [1.29, 1.82) is 0 Å². The lowest BCUT2D eigenvalue weighted by molar-refractivity contribution is -0.141. The average Bonchev–Trinajstić information content (AvgIpc) is 3.00. The molecule has 3 rings (SSSR count). The Hall–Kier alpha value is -2.33. The number of imidazole rings is 1. The predicted octanol–water partition coefficient (Wildman–Crippen LogP) is 4.60. The molecule has 3 aromatic rings. The summed E-state index contributed by atoms with van der Waals surface area (Å²) in [7, 11) is 1.66. The molecule has 0 spiro atoms. The summed E-state index contributed by atoms with van der Waals surface area (Å²) in [4.78, 5) is 12.7. The first-order chi connectivity index (χ1) is 13.9. The first-order valence-corrected chi connectivity index (χ1v) is 10.6. The van der Waals surface area contributed by atoms with Crippen LogP contribution in [-0.4, -0.2) is 36.4 Å². The van der Waals surface area contributed by atoms with Crippen molar-refractivity contribution in [3.8, 4) is 17.3 Å². The van der Waals surface area contributed by atoms with E-state index < -0.39 is 23.0 Å². The van der Waals surface area contributed by atoms with Crippen LogP contribution in [0.5, 0.6) is 5.75 Å². The van der Waals surface area contributed by atoms with E-state index in [9.17, 15) is 17.7 Å². The van der Waals surface area contributed by atoms with Gasteiger partial charge < -0.3 is 13.9 Å². The van der Waals surface area contributed by atoms with Crippen molar-refractivity contribution in [3.05, 3.63) is 30.2 Å². The third kappa shape index (κ3) is 4.70. The van der Waals surface area contributed by atoms with Crippen molar-refractivity contribution >= 4 is 22.2 Å². The van der Waals surface area contributed by atoms with Gasteiger partial charge in [0.1, 0.15) is 17.2 Å². The minimum atomic E-state index is -4.56. The molecule has 0 aliphatic carbocycles. The standard InChI is InChI=1S/C20H23F3N4O2S/c1-6-30(28)15-7-12(29-11-19(2,3)4)9-25-17(15)18-26-13-8-16(20(21,22)23)24-10-14(13)27(18)5/h7-10H,6,11H2,1-5H3. The SMILES string of the molecule is CC[S+]([O-])c1cc(OCC(C)(C)C)cnc1-c1nc2cc(C(F)(F)F)ncc2n1C. The van der Waals surface area contributed by atoms with Crippen LogP contribution in [0.2, 0.25) is 0 Å². The number of ether oxygens (including phenoxy) is 1. The van der Waals surface area contributed by atoms with Crippen LogP contribution in [0.4, 0.5) is 13.2 Å². The smallest absolute Gasteiger partial charge is 0.433 e. The number of aryl methyl sites for hydroxylation is 1. The topological polar surface area (TPSA) is 75.9 Å². The second-order valence-corrected chi connectivity index (χ2v) is 9.76. The molecule has 162 valence electrons. The highest BCUT2D eigenvalue weighted by Gasteiger charge is 2.33. The summed E-state index contributed by atoms with van der Waals surface area (Å²) < 4.78 is 59.1. The maximum absolute atomic E-state index is 13.0. The fraction of sp³-hybridized carbons (Fsp3) is 0.450. The molecule has 0 saturated heterocycles. The van der Waals surface area contributed by atoms with E-state index in [0.29, 0.717) is 40.0 Å². The number of fused-ring (bicyclic) bond motifs is 1. The molecule has 0 N–H and O–H groups in total. The summed E-state index contributed by atoms with van der Waals surface area (Å²) in [5.74, 6) is 1.14. The van der Waals surface area contributed by atoms with Gasteiger partial charge in [-0.25, -0.2) is 15.0 Å². The summed E-state index contributed by atoms with van der Waals surface area (Å²) in [6.45, 7) is 8.31. The van der Waals surface area contributed by atoms with Crippen LogP contribution < -0.4 is 4.74 Å². The highest BCUT2D eigenvalue weighted by Crippen LogP contribution is 2.33. The van der Waals surface area contributed by atoms with E-state index in [4.69, 9.17) is 4.74 Å². The van der Waals surface area contributed by atoms with Crippen LogP contribution in [0.1, 0.15) is 33.4 Å². The third-order valence-electron chi connectivity index (χ3n) is 4.28. The monoisotopic (exact) mass is 440 g/mol. The first-order valence-electron chi connectivity index (χ1n) is 9.32. The number of nitrogens with zero attached hydrogens (tertiary/aromatic N) is 4. The number of hydrogen-bond acceptors (Lipinski definition) is 5. The van der Waals surface area contributed by atoms with E-state index in [1.165, 1.54) is 6.20 Å². The second kappa shape index (κ2) is 8.07. The zero-order valence-corrected chi connectivity index (χ0v) is 18.2. The first kappa shape index (κ1) is 22.4. The second-order valence-electron chi connectivity index (χ2n) is 8.05. The number of pyridine rings is 2. The van der Waals surface area contributed by atoms with Crippen molar-refractivity contribution in [2.75, 3.05) is 12.4 Å². The van der Waals surface area contributed by atoms with Crippen LogP contribution in [0.3, 0.4) is 0 Å².